The molecule has 2 amide bonds. The number of amides is 2. The lowest BCUT2D eigenvalue weighted by Crippen LogP contribution is -2.40. The Kier molecular flexibility index (Phi) is 5.24. The molecule has 2 N–H and O–H groups in total. The van der Waals surface area contributed by atoms with Crippen LogP contribution in [0.5, 0.6) is 0 Å². The first-order valence-electron chi connectivity index (χ1n) is 5.17. The molecule has 0 atom stereocenters. The molecular formula is C10H13N3O5S. The zero-order valence-electron chi connectivity index (χ0n) is 10.4. The van der Waals surface area contributed by atoms with Crippen molar-refractivity contribution in [2.75, 3.05) is 20.7 Å². The number of esters is 1. The number of carbonyl (C=O) groups excluding carboxylic acids is 2. The van der Waals surface area contributed by atoms with Gasteiger partial charge in [0.2, 0.25) is 0 Å². The second-order valence-corrected chi connectivity index (χ2v) is 4.47. The van der Waals surface area contributed by atoms with Gasteiger partial charge >= 0.3 is 18.0 Å². The molecule has 19 heavy (non-hydrogen) atoms. The minimum atomic E-state index is -1.11. The maximum absolute atomic E-state index is 11.6. The highest BCUT2D eigenvalue weighted by atomic mass is 32.1. The van der Waals surface area contributed by atoms with E-state index in [-0.39, 0.29) is 18.8 Å². The Bertz CT molecular complexity index is 487. The summed E-state index contributed by atoms with van der Waals surface area (Å²) < 4.78 is 4.43. The summed E-state index contributed by atoms with van der Waals surface area (Å²) in [5, 5.41) is 13.1. The molecule has 0 aromatic carbocycles. The van der Waals surface area contributed by atoms with Crippen LogP contribution in [0.25, 0.3) is 0 Å². The summed E-state index contributed by atoms with van der Waals surface area (Å²) in [6.45, 7) is -0.0666. The van der Waals surface area contributed by atoms with Gasteiger partial charge in [-0.05, 0) is 0 Å². The number of likely N-dealkylation sites (N-methyl/N-ethyl adjacent to an activating group) is 1. The van der Waals surface area contributed by atoms with Gasteiger partial charge in [0.25, 0.3) is 0 Å². The van der Waals surface area contributed by atoms with Crippen molar-refractivity contribution in [2.24, 2.45) is 0 Å². The Morgan fingerprint density at radius 3 is 2.74 bits per heavy atom. The first-order valence-corrected chi connectivity index (χ1v) is 6.05. The van der Waals surface area contributed by atoms with E-state index >= 15 is 0 Å². The number of aromatic nitrogens is 1. The van der Waals surface area contributed by atoms with Gasteiger partial charge in [0, 0.05) is 12.4 Å². The van der Waals surface area contributed by atoms with Gasteiger partial charge in [-0.15, -0.1) is 11.3 Å². The molecule has 0 aliphatic rings. The van der Waals surface area contributed by atoms with E-state index in [4.69, 9.17) is 5.11 Å². The largest absolute Gasteiger partial charge is 0.476 e. The molecule has 1 aromatic rings. The van der Waals surface area contributed by atoms with Crippen LogP contribution in [-0.4, -0.2) is 53.7 Å². The van der Waals surface area contributed by atoms with E-state index in [1.165, 1.54) is 19.5 Å². The number of urea groups is 1. The molecule has 0 radical (unpaired) electrons. The van der Waals surface area contributed by atoms with Crippen molar-refractivity contribution >= 4 is 29.3 Å². The van der Waals surface area contributed by atoms with Gasteiger partial charge in [0.05, 0.1) is 13.7 Å². The van der Waals surface area contributed by atoms with Gasteiger partial charge in [0.15, 0.2) is 5.69 Å². The predicted molar refractivity (Wildman–Crippen MR) is 66.0 cm³/mol. The molecule has 1 heterocycles. The highest BCUT2D eigenvalue weighted by molar-refractivity contribution is 7.09. The minimum Gasteiger partial charge on any atom is -0.476 e. The van der Waals surface area contributed by atoms with Crippen LogP contribution in [0.2, 0.25) is 0 Å². The summed E-state index contributed by atoms with van der Waals surface area (Å²) in [6.07, 6.45) is 0. The fourth-order valence-electron chi connectivity index (χ4n) is 1.11. The number of carbonyl (C=O) groups is 3. The van der Waals surface area contributed by atoms with E-state index < -0.39 is 18.0 Å². The van der Waals surface area contributed by atoms with Crippen LogP contribution in [-0.2, 0) is 16.1 Å². The minimum absolute atomic E-state index is 0.0582. The second-order valence-electron chi connectivity index (χ2n) is 3.52. The fourth-order valence-corrected chi connectivity index (χ4v) is 1.81. The summed E-state index contributed by atoms with van der Waals surface area (Å²) in [7, 11) is 2.67. The van der Waals surface area contributed by atoms with E-state index in [0.717, 1.165) is 16.2 Å². The second kappa shape index (κ2) is 6.69. The number of ether oxygens (including phenoxy) is 1. The maximum Gasteiger partial charge on any atom is 0.355 e. The summed E-state index contributed by atoms with van der Waals surface area (Å²) in [4.78, 5) is 38.1. The molecule has 0 bridgehead atoms. The van der Waals surface area contributed by atoms with E-state index in [2.05, 4.69) is 15.0 Å². The van der Waals surface area contributed by atoms with Gasteiger partial charge < -0.3 is 20.1 Å². The molecule has 1 aromatic heterocycles. The Hall–Kier alpha value is -2.16. The number of aromatic carboxylic acids is 1. The summed E-state index contributed by atoms with van der Waals surface area (Å²) in [5.74, 6) is -1.64. The van der Waals surface area contributed by atoms with Crippen molar-refractivity contribution in [3.63, 3.8) is 0 Å². The number of hydrogen-bond acceptors (Lipinski definition) is 6. The predicted octanol–water partition coefficient (Wildman–Crippen LogP) is 0.156. The summed E-state index contributed by atoms with van der Waals surface area (Å²) in [6, 6.07) is -0.475. The smallest absolute Gasteiger partial charge is 0.355 e. The molecule has 9 heteroatoms. The molecular weight excluding hydrogens is 274 g/mol. The first kappa shape index (κ1) is 14.9. The first-order chi connectivity index (χ1) is 8.93. The number of nitrogens with one attached hydrogen (secondary N) is 1. The molecule has 0 unspecified atom stereocenters. The Morgan fingerprint density at radius 2 is 2.21 bits per heavy atom. The number of rotatable bonds is 5. The number of thiazole rings is 1. The van der Waals surface area contributed by atoms with Gasteiger partial charge in [0.1, 0.15) is 11.6 Å². The van der Waals surface area contributed by atoms with Crippen molar-refractivity contribution in [1.82, 2.24) is 15.2 Å². The number of carboxylic acids is 1. The number of methoxy groups -OCH3 is 1. The Morgan fingerprint density at radius 1 is 1.53 bits per heavy atom. The number of nitrogens with zero attached hydrogens (tertiary/aromatic N) is 2. The highest BCUT2D eigenvalue weighted by Gasteiger charge is 2.14. The zero-order valence-corrected chi connectivity index (χ0v) is 11.2. The zero-order chi connectivity index (χ0) is 14.4. The van der Waals surface area contributed by atoms with Crippen LogP contribution in [0.4, 0.5) is 4.79 Å². The lowest BCUT2D eigenvalue weighted by atomic mass is 10.5. The molecule has 0 saturated carbocycles. The molecule has 0 spiro atoms. The van der Waals surface area contributed by atoms with E-state index in [1.54, 1.807) is 0 Å². The van der Waals surface area contributed by atoms with Crippen molar-refractivity contribution in [3.05, 3.63) is 16.1 Å². The van der Waals surface area contributed by atoms with Gasteiger partial charge in [-0.2, -0.15) is 0 Å². The average Bonchev–Trinajstić information content (AvgIpc) is 2.84. The van der Waals surface area contributed by atoms with Gasteiger partial charge in [-0.1, -0.05) is 0 Å². The van der Waals surface area contributed by atoms with Crippen LogP contribution in [0, 0.1) is 0 Å². The van der Waals surface area contributed by atoms with Crippen molar-refractivity contribution in [3.8, 4) is 0 Å². The Balaban J connectivity index is 2.44. The van der Waals surface area contributed by atoms with Crippen LogP contribution >= 0.6 is 11.3 Å². The molecule has 104 valence electrons. The molecule has 0 aliphatic heterocycles. The SMILES string of the molecule is COC(=O)CN(C)C(=O)NCc1nc(C(=O)O)cs1. The van der Waals surface area contributed by atoms with Crippen LogP contribution in [0.3, 0.4) is 0 Å². The van der Waals surface area contributed by atoms with Gasteiger partial charge in [-0.25, -0.2) is 14.6 Å². The van der Waals surface area contributed by atoms with Crippen molar-refractivity contribution in [1.29, 1.82) is 0 Å². The third-order valence-corrected chi connectivity index (χ3v) is 2.95. The monoisotopic (exact) mass is 287 g/mol. The Labute approximate surface area is 113 Å². The normalized spacial score (nSPS) is 9.79. The average molecular weight is 287 g/mol. The van der Waals surface area contributed by atoms with E-state index in [9.17, 15) is 14.4 Å². The molecule has 1 rings (SSSR count). The van der Waals surface area contributed by atoms with Crippen LogP contribution in [0.1, 0.15) is 15.5 Å². The third kappa shape index (κ3) is 4.54. The quantitative estimate of drug-likeness (QED) is 0.746. The maximum atomic E-state index is 11.6. The summed E-state index contributed by atoms with van der Waals surface area (Å²) >= 11 is 1.13. The number of carboxylic acid groups (broad SMARTS) is 1. The van der Waals surface area contributed by atoms with Crippen molar-refractivity contribution < 1.29 is 24.2 Å². The molecule has 8 nitrogen and oxygen atoms in total. The third-order valence-electron chi connectivity index (χ3n) is 2.10. The lowest BCUT2D eigenvalue weighted by molar-refractivity contribution is -0.141. The van der Waals surface area contributed by atoms with E-state index in [1.807, 2.05) is 0 Å². The van der Waals surface area contributed by atoms with Crippen LogP contribution < -0.4 is 5.32 Å². The van der Waals surface area contributed by atoms with Gasteiger partial charge in [-0.3, -0.25) is 4.79 Å². The molecule has 0 fully saturated rings. The summed E-state index contributed by atoms with van der Waals surface area (Å²) in [5.41, 5.74) is -0.0582. The fraction of sp³-hybridized carbons (Fsp3) is 0.400. The van der Waals surface area contributed by atoms with E-state index in [0.29, 0.717) is 5.01 Å². The standard InChI is InChI=1S/C10H13N3O5S/c1-13(4-8(14)18-2)10(17)11-3-7-12-6(5-19-7)9(15)16/h5H,3-4H2,1-2H3,(H,11,17)(H,15,16). The van der Waals surface area contributed by atoms with Crippen molar-refractivity contribution in [2.45, 2.75) is 6.54 Å². The molecule has 0 saturated heterocycles. The lowest BCUT2D eigenvalue weighted by Gasteiger charge is -2.15. The van der Waals surface area contributed by atoms with Crippen LogP contribution in [0.15, 0.2) is 5.38 Å². The highest BCUT2D eigenvalue weighted by Crippen LogP contribution is 2.09. The topological polar surface area (TPSA) is 109 Å². The molecule has 0 aliphatic carbocycles. The number of hydrogen-bond donors (Lipinski definition) is 2.